The Kier molecular flexibility index (Phi) is 6.53. The van der Waals surface area contributed by atoms with Crippen LogP contribution in [0.1, 0.15) is 17.0 Å². The van der Waals surface area contributed by atoms with Crippen molar-refractivity contribution in [3.63, 3.8) is 0 Å². The molecule has 0 amide bonds. The van der Waals surface area contributed by atoms with Gasteiger partial charge < -0.3 is 13.6 Å². The normalized spacial score (nSPS) is 11.9. The van der Waals surface area contributed by atoms with Gasteiger partial charge in [-0.15, -0.1) is 0 Å². The molecule has 0 N–H and O–H groups in total. The van der Waals surface area contributed by atoms with Gasteiger partial charge in [-0.3, -0.25) is 0 Å². The smallest absolute Gasteiger partial charge is 0.237 e. The molecule has 0 unspecified atom stereocenters. The molecule has 32 heavy (non-hydrogen) atoms. The van der Waals surface area contributed by atoms with Crippen molar-refractivity contribution in [2.24, 2.45) is 0 Å². The van der Waals surface area contributed by atoms with Crippen LogP contribution >= 0.6 is 0 Å². The lowest BCUT2D eigenvalue weighted by molar-refractivity contribution is 0.359. The lowest BCUT2D eigenvalue weighted by atomic mass is 10.2. The van der Waals surface area contributed by atoms with Crippen molar-refractivity contribution in [3.8, 4) is 17.2 Å². The molecule has 2 aromatic carbocycles. The second-order valence-electron chi connectivity index (χ2n) is 6.98. The van der Waals surface area contributed by atoms with E-state index in [0.29, 0.717) is 17.3 Å². The van der Waals surface area contributed by atoms with Crippen LogP contribution < -0.4 is 4.74 Å². The quantitative estimate of drug-likeness (QED) is 0.359. The van der Waals surface area contributed by atoms with E-state index in [1.165, 1.54) is 22.2 Å². The van der Waals surface area contributed by atoms with Gasteiger partial charge in [0.05, 0.1) is 32.2 Å². The van der Waals surface area contributed by atoms with Crippen LogP contribution in [0.5, 0.6) is 5.75 Å². The molecule has 7 nitrogen and oxygen atoms in total. The molecule has 0 saturated heterocycles. The van der Waals surface area contributed by atoms with Crippen molar-refractivity contribution in [3.05, 3.63) is 102 Å². The molecule has 4 aromatic rings. The van der Waals surface area contributed by atoms with Gasteiger partial charge in [0.1, 0.15) is 17.8 Å². The zero-order valence-electron chi connectivity index (χ0n) is 17.4. The minimum absolute atomic E-state index is 0.0296. The molecule has 4 rings (SSSR count). The lowest BCUT2D eigenvalue weighted by Crippen LogP contribution is -2.28. The highest BCUT2D eigenvalue weighted by molar-refractivity contribution is 7.92. The fourth-order valence-corrected chi connectivity index (χ4v) is 4.17. The van der Waals surface area contributed by atoms with E-state index in [1.54, 1.807) is 37.5 Å². The molecule has 2 heterocycles. The predicted molar refractivity (Wildman–Crippen MR) is 121 cm³/mol. The minimum Gasteiger partial charge on any atom is -0.497 e. The molecule has 0 aliphatic heterocycles. The molecule has 164 valence electrons. The van der Waals surface area contributed by atoms with Gasteiger partial charge in [-0.25, -0.2) is 13.4 Å². The number of oxazole rings is 1. The SMILES string of the molecule is COc1ccc(-c2nc(CN(Cc3ccco3)S(=O)(=O)/C=C/c3ccccc3)co2)cc1. The summed E-state index contributed by atoms with van der Waals surface area (Å²) < 4.78 is 43.6. The van der Waals surface area contributed by atoms with Crippen LogP contribution in [0.15, 0.2) is 93.5 Å². The maximum atomic E-state index is 13.1. The average molecular weight is 451 g/mol. The number of hydrogen-bond donors (Lipinski definition) is 0. The Bertz CT molecular complexity index is 1260. The number of rotatable bonds is 9. The van der Waals surface area contributed by atoms with Crippen molar-refractivity contribution < 1.29 is 22.0 Å². The Labute approximate surface area is 186 Å². The Morgan fingerprint density at radius 3 is 2.44 bits per heavy atom. The second-order valence-corrected chi connectivity index (χ2v) is 8.80. The van der Waals surface area contributed by atoms with Crippen molar-refractivity contribution in [1.29, 1.82) is 0 Å². The van der Waals surface area contributed by atoms with Crippen LogP contribution in [-0.4, -0.2) is 24.8 Å². The van der Waals surface area contributed by atoms with E-state index in [4.69, 9.17) is 13.6 Å². The van der Waals surface area contributed by atoms with Crippen molar-refractivity contribution in [2.75, 3.05) is 7.11 Å². The second kappa shape index (κ2) is 9.67. The fraction of sp³-hybridized carbons (Fsp3) is 0.125. The highest BCUT2D eigenvalue weighted by Crippen LogP contribution is 2.23. The highest BCUT2D eigenvalue weighted by Gasteiger charge is 2.23. The average Bonchev–Trinajstić information content (AvgIpc) is 3.51. The Balaban J connectivity index is 1.57. The molecule has 0 aliphatic carbocycles. The van der Waals surface area contributed by atoms with Gasteiger partial charge in [0, 0.05) is 11.0 Å². The van der Waals surface area contributed by atoms with Crippen LogP contribution in [0.2, 0.25) is 0 Å². The zero-order chi connectivity index (χ0) is 22.4. The van der Waals surface area contributed by atoms with E-state index < -0.39 is 10.0 Å². The topological polar surface area (TPSA) is 85.8 Å². The third-order valence-corrected chi connectivity index (χ3v) is 6.19. The molecular weight excluding hydrogens is 428 g/mol. The van der Waals surface area contributed by atoms with Gasteiger partial charge in [-0.2, -0.15) is 4.31 Å². The summed E-state index contributed by atoms with van der Waals surface area (Å²) in [6.45, 7) is 0.0982. The van der Waals surface area contributed by atoms with Gasteiger partial charge in [0.15, 0.2) is 0 Å². The molecular formula is C24H22N2O5S. The summed E-state index contributed by atoms with van der Waals surface area (Å²) in [5, 5.41) is 1.19. The van der Waals surface area contributed by atoms with Gasteiger partial charge in [0.25, 0.3) is 0 Å². The van der Waals surface area contributed by atoms with Crippen LogP contribution in [0, 0.1) is 0 Å². The molecule has 0 fully saturated rings. The summed E-state index contributed by atoms with van der Waals surface area (Å²) in [5.74, 6) is 1.65. The summed E-state index contributed by atoms with van der Waals surface area (Å²) in [5.41, 5.74) is 2.04. The van der Waals surface area contributed by atoms with Gasteiger partial charge in [-0.05, 0) is 48.0 Å². The van der Waals surface area contributed by atoms with Crippen molar-refractivity contribution >= 4 is 16.1 Å². The van der Waals surface area contributed by atoms with Gasteiger partial charge in [0.2, 0.25) is 15.9 Å². The third kappa shape index (κ3) is 5.35. The fourth-order valence-electron chi connectivity index (χ4n) is 3.05. The summed E-state index contributed by atoms with van der Waals surface area (Å²) in [6, 6.07) is 20.0. The molecule has 2 aromatic heterocycles. The molecule has 0 radical (unpaired) electrons. The number of sulfonamides is 1. The molecule has 8 heteroatoms. The van der Waals surface area contributed by atoms with E-state index >= 15 is 0 Å². The Hall–Kier alpha value is -3.62. The number of aromatic nitrogens is 1. The number of benzene rings is 2. The van der Waals surface area contributed by atoms with E-state index in [2.05, 4.69) is 4.98 Å². The first kappa shape index (κ1) is 21.6. The van der Waals surface area contributed by atoms with E-state index in [9.17, 15) is 8.42 Å². The van der Waals surface area contributed by atoms with Gasteiger partial charge >= 0.3 is 0 Å². The lowest BCUT2D eigenvalue weighted by Gasteiger charge is -2.17. The van der Waals surface area contributed by atoms with Crippen molar-refractivity contribution in [2.45, 2.75) is 13.1 Å². The Morgan fingerprint density at radius 1 is 0.969 bits per heavy atom. The minimum atomic E-state index is -3.76. The molecule has 0 atom stereocenters. The van der Waals surface area contributed by atoms with Gasteiger partial charge in [-0.1, -0.05) is 30.3 Å². The molecule has 0 saturated carbocycles. The van der Waals surface area contributed by atoms with Crippen LogP contribution in [-0.2, 0) is 23.1 Å². The zero-order valence-corrected chi connectivity index (χ0v) is 18.2. The summed E-state index contributed by atoms with van der Waals surface area (Å²) in [6.07, 6.45) is 4.54. The number of furan rings is 1. The number of ether oxygens (including phenoxy) is 1. The maximum absolute atomic E-state index is 13.1. The van der Waals surface area contributed by atoms with Crippen LogP contribution in [0.4, 0.5) is 0 Å². The first-order valence-electron chi connectivity index (χ1n) is 9.88. The van der Waals surface area contributed by atoms with Crippen LogP contribution in [0.25, 0.3) is 17.5 Å². The van der Waals surface area contributed by atoms with Crippen LogP contribution in [0.3, 0.4) is 0 Å². The van der Waals surface area contributed by atoms with E-state index in [0.717, 1.165) is 16.9 Å². The first-order chi connectivity index (χ1) is 15.5. The molecule has 0 bridgehead atoms. The predicted octanol–water partition coefficient (Wildman–Crippen LogP) is 4.95. The molecule has 0 spiro atoms. The number of methoxy groups -OCH3 is 1. The monoisotopic (exact) mass is 450 g/mol. The first-order valence-corrected chi connectivity index (χ1v) is 11.4. The number of nitrogens with zero attached hydrogens (tertiary/aromatic N) is 2. The van der Waals surface area contributed by atoms with Crippen molar-refractivity contribution in [1.82, 2.24) is 9.29 Å². The third-order valence-electron chi connectivity index (χ3n) is 4.73. The maximum Gasteiger partial charge on any atom is 0.237 e. The highest BCUT2D eigenvalue weighted by atomic mass is 32.2. The summed E-state index contributed by atoms with van der Waals surface area (Å²) >= 11 is 0. The summed E-state index contributed by atoms with van der Waals surface area (Å²) in [7, 11) is -2.17. The number of hydrogen-bond acceptors (Lipinski definition) is 6. The van der Waals surface area contributed by atoms with E-state index in [1.807, 2.05) is 42.5 Å². The molecule has 0 aliphatic rings. The Morgan fingerprint density at radius 2 is 1.75 bits per heavy atom. The van der Waals surface area contributed by atoms with E-state index in [-0.39, 0.29) is 13.1 Å². The summed E-state index contributed by atoms with van der Waals surface area (Å²) in [4.78, 5) is 4.47. The standard InChI is InChI=1S/C24H22N2O5S/c1-29-22-11-9-20(10-12-22)24-25-21(18-31-24)16-26(17-23-8-5-14-30-23)32(27,28)15-13-19-6-3-2-4-7-19/h2-15,18H,16-17H2,1H3/b15-13+. The largest absolute Gasteiger partial charge is 0.497 e.